The van der Waals surface area contributed by atoms with Crippen LogP contribution in [0.3, 0.4) is 0 Å². The monoisotopic (exact) mass is 222 g/mol. The van der Waals surface area contributed by atoms with Crippen LogP contribution in [0.15, 0.2) is 0 Å². The summed E-state index contributed by atoms with van der Waals surface area (Å²) in [5, 5.41) is 0. The van der Waals surface area contributed by atoms with Crippen molar-refractivity contribution >= 4 is 10.2 Å². The second-order valence-electron chi connectivity index (χ2n) is 3.90. The molecule has 86 valence electrons. The molecule has 0 N–H and O–H groups in total. The van der Waals surface area contributed by atoms with Crippen molar-refractivity contribution < 1.29 is 18.7 Å². The lowest BCUT2D eigenvalue weighted by Gasteiger charge is -2.42. The van der Waals surface area contributed by atoms with Crippen molar-refractivity contribution in [3.63, 3.8) is 0 Å². The molecule has 0 rings (SSSR count). The first-order chi connectivity index (χ1) is 6.49. The molecule has 0 aliphatic rings. The third-order valence-corrected chi connectivity index (χ3v) is 3.29. The van der Waals surface area contributed by atoms with Gasteiger partial charge >= 0.3 is 6.10 Å². The van der Waals surface area contributed by atoms with Crippen LogP contribution >= 0.6 is 0 Å². The summed E-state index contributed by atoms with van der Waals surface area (Å²) in [7, 11) is 10.2. The zero-order valence-corrected chi connectivity index (χ0v) is 12.3. The standard InChI is InChI=1S/C9H24NO3Si/c1-10(2,7-6-8-14)9(11-3,12-4)13-5/h6-8H2,1-5,14H3/q+1. The Kier molecular flexibility index (Phi) is 5.85. The zero-order chi connectivity index (χ0) is 11.2. The Hall–Kier alpha value is 0.0569. The van der Waals surface area contributed by atoms with Gasteiger partial charge in [0.2, 0.25) is 0 Å². The second kappa shape index (κ2) is 5.82. The van der Waals surface area contributed by atoms with Crippen LogP contribution in [0.5, 0.6) is 0 Å². The first kappa shape index (κ1) is 14.1. The van der Waals surface area contributed by atoms with Gasteiger partial charge in [-0.1, -0.05) is 6.04 Å². The Morgan fingerprint density at radius 1 is 1.07 bits per heavy atom. The minimum absolute atomic E-state index is 0.554. The molecule has 0 radical (unpaired) electrons. The molecule has 0 aromatic rings. The van der Waals surface area contributed by atoms with Gasteiger partial charge in [-0.3, -0.25) is 14.2 Å². The minimum Gasteiger partial charge on any atom is -0.281 e. The summed E-state index contributed by atoms with van der Waals surface area (Å²) in [6, 6.07) is 1.29. The highest BCUT2D eigenvalue weighted by Crippen LogP contribution is 2.24. The average molecular weight is 222 g/mol. The third kappa shape index (κ3) is 2.77. The van der Waals surface area contributed by atoms with E-state index in [9.17, 15) is 0 Å². The molecule has 0 aliphatic carbocycles. The molecular formula is C9H24NO3Si+. The van der Waals surface area contributed by atoms with Crippen LogP contribution in [0, 0.1) is 0 Å². The second-order valence-corrected chi connectivity index (χ2v) is 4.90. The van der Waals surface area contributed by atoms with Gasteiger partial charge in [0.1, 0.15) is 0 Å². The maximum Gasteiger partial charge on any atom is 0.448 e. The normalized spacial score (nSPS) is 13.5. The molecule has 4 nitrogen and oxygen atoms in total. The summed E-state index contributed by atoms with van der Waals surface area (Å²) in [6.45, 7) is 0.985. The average Bonchev–Trinajstić information content (AvgIpc) is 2.18. The summed E-state index contributed by atoms with van der Waals surface area (Å²) < 4.78 is 16.6. The largest absolute Gasteiger partial charge is 0.448 e. The van der Waals surface area contributed by atoms with E-state index in [1.54, 1.807) is 21.3 Å². The zero-order valence-electron chi connectivity index (χ0n) is 10.3. The van der Waals surface area contributed by atoms with E-state index in [2.05, 4.69) is 0 Å². The smallest absolute Gasteiger partial charge is 0.281 e. The van der Waals surface area contributed by atoms with E-state index in [4.69, 9.17) is 14.2 Å². The fourth-order valence-electron chi connectivity index (χ4n) is 1.68. The fraction of sp³-hybridized carbons (Fsp3) is 1.00. The number of nitrogens with zero attached hydrogens (tertiary/aromatic N) is 1. The van der Waals surface area contributed by atoms with Gasteiger partial charge in [-0.2, -0.15) is 0 Å². The highest BCUT2D eigenvalue weighted by Gasteiger charge is 2.48. The van der Waals surface area contributed by atoms with Crippen molar-refractivity contribution in [3.8, 4) is 0 Å². The minimum atomic E-state index is -0.975. The van der Waals surface area contributed by atoms with Crippen LogP contribution in [0.4, 0.5) is 0 Å². The molecule has 0 aliphatic heterocycles. The molecule has 0 saturated carbocycles. The molecule has 0 saturated heterocycles. The first-order valence-corrected chi connectivity index (χ1v) is 6.39. The van der Waals surface area contributed by atoms with E-state index in [-0.39, 0.29) is 0 Å². The van der Waals surface area contributed by atoms with Crippen LogP contribution in [0.25, 0.3) is 0 Å². The van der Waals surface area contributed by atoms with Gasteiger partial charge < -0.3 is 0 Å². The molecular weight excluding hydrogens is 198 g/mol. The van der Waals surface area contributed by atoms with Crippen molar-refractivity contribution in [1.29, 1.82) is 0 Å². The lowest BCUT2D eigenvalue weighted by Crippen LogP contribution is -2.63. The molecule has 0 spiro atoms. The molecule has 0 fully saturated rings. The third-order valence-electron chi connectivity index (χ3n) is 2.59. The van der Waals surface area contributed by atoms with Gasteiger partial charge in [0.15, 0.2) is 0 Å². The van der Waals surface area contributed by atoms with Crippen LogP contribution in [-0.2, 0) is 14.2 Å². The molecule has 0 aromatic carbocycles. The van der Waals surface area contributed by atoms with Gasteiger partial charge in [0.05, 0.1) is 20.6 Å². The fourth-order valence-corrected chi connectivity index (χ4v) is 2.00. The predicted molar refractivity (Wildman–Crippen MR) is 60.1 cm³/mol. The Morgan fingerprint density at radius 3 is 1.79 bits per heavy atom. The number of methoxy groups -OCH3 is 3. The predicted octanol–water partition coefficient (Wildman–Crippen LogP) is -0.213. The summed E-state index contributed by atoms with van der Waals surface area (Å²) in [4.78, 5) is 0. The maximum atomic E-state index is 5.34. The van der Waals surface area contributed by atoms with Crippen molar-refractivity contribution in [1.82, 2.24) is 0 Å². The van der Waals surface area contributed by atoms with E-state index >= 15 is 0 Å². The number of rotatable bonds is 7. The van der Waals surface area contributed by atoms with E-state index in [1.807, 2.05) is 14.1 Å². The Balaban J connectivity index is 4.60. The van der Waals surface area contributed by atoms with E-state index in [0.717, 1.165) is 6.54 Å². The lowest BCUT2D eigenvalue weighted by atomic mass is 10.4. The number of hydrogen-bond donors (Lipinski definition) is 0. The topological polar surface area (TPSA) is 27.7 Å². The van der Waals surface area contributed by atoms with E-state index in [0.29, 0.717) is 4.48 Å². The number of quaternary nitrogens is 1. The van der Waals surface area contributed by atoms with Crippen LogP contribution < -0.4 is 0 Å². The maximum absolute atomic E-state index is 5.34. The van der Waals surface area contributed by atoms with Crippen molar-refractivity contribution in [2.45, 2.75) is 18.6 Å². The van der Waals surface area contributed by atoms with Gasteiger partial charge in [-0.15, -0.1) is 0 Å². The van der Waals surface area contributed by atoms with Crippen molar-refractivity contribution in [2.75, 3.05) is 42.0 Å². The highest BCUT2D eigenvalue weighted by atomic mass is 28.1. The summed E-state index contributed by atoms with van der Waals surface area (Å²) >= 11 is 0. The SMILES string of the molecule is COC(OC)(OC)[N+](C)(C)CCC[SiH3]. The molecule has 5 heteroatoms. The quantitative estimate of drug-likeness (QED) is 0.339. The summed E-state index contributed by atoms with van der Waals surface area (Å²) in [5.41, 5.74) is 0. The van der Waals surface area contributed by atoms with E-state index < -0.39 is 6.10 Å². The van der Waals surface area contributed by atoms with Crippen LogP contribution in [-0.4, -0.2) is 62.8 Å². The molecule has 0 atom stereocenters. The first-order valence-electron chi connectivity index (χ1n) is 4.98. The van der Waals surface area contributed by atoms with Crippen LogP contribution in [0.1, 0.15) is 6.42 Å². The molecule has 0 amide bonds. The highest BCUT2D eigenvalue weighted by molar-refractivity contribution is 6.08. The molecule has 0 unspecified atom stereocenters. The molecule has 14 heavy (non-hydrogen) atoms. The number of ether oxygens (including phenoxy) is 3. The molecule has 0 bridgehead atoms. The van der Waals surface area contributed by atoms with E-state index in [1.165, 1.54) is 22.7 Å². The lowest BCUT2D eigenvalue weighted by molar-refractivity contribution is -1.02. The Labute approximate surface area is 90.1 Å². The Bertz CT molecular complexity index is 152. The van der Waals surface area contributed by atoms with Crippen LogP contribution in [0.2, 0.25) is 6.04 Å². The Morgan fingerprint density at radius 2 is 1.50 bits per heavy atom. The van der Waals surface area contributed by atoms with Gasteiger partial charge in [-0.05, 0) is 6.42 Å². The van der Waals surface area contributed by atoms with Gasteiger partial charge in [0.25, 0.3) is 0 Å². The van der Waals surface area contributed by atoms with Crippen molar-refractivity contribution in [3.05, 3.63) is 0 Å². The summed E-state index contributed by atoms with van der Waals surface area (Å²) in [5.74, 6) is 0. The molecule has 0 aromatic heterocycles. The van der Waals surface area contributed by atoms with Gasteiger partial charge in [-0.25, -0.2) is 4.48 Å². The van der Waals surface area contributed by atoms with Gasteiger partial charge in [0, 0.05) is 31.6 Å². The van der Waals surface area contributed by atoms with Crippen molar-refractivity contribution in [2.24, 2.45) is 0 Å². The molecule has 0 heterocycles. The number of hydrogen-bond acceptors (Lipinski definition) is 3. The summed E-state index contributed by atoms with van der Waals surface area (Å²) in [6.07, 6.45) is 0.202.